The summed E-state index contributed by atoms with van der Waals surface area (Å²) in [5.74, 6) is 0.196. The molecule has 2 heterocycles. The molecular weight excluding hydrogens is 278 g/mol. The van der Waals surface area contributed by atoms with Crippen molar-refractivity contribution in [3.63, 3.8) is 0 Å². The average Bonchev–Trinajstić information content (AvgIpc) is 2.75. The monoisotopic (exact) mass is 301 g/mol. The molecule has 0 saturated carbocycles. The molecule has 118 valence electrons. The maximum absolute atomic E-state index is 12.5. The van der Waals surface area contributed by atoms with Gasteiger partial charge in [0.2, 0.25) is 5.91 Å². The molecule has 0 atom stereocenters. The molecular formula is C17H23N3O2. The molecule has 0 unspecified atom stereocenters. The maximum atomic E-state index is 12.5. The zero-order chi connectivity index (χ0) is 15.7. The van der Waals surface area contributed by atoms with Crippen molar-refractivity contribution < 1.29 is 4.79 Å². The van der Waals surface area contributed by atoms with E-state index in [0.29, 0.717) is 6.42 Å². The van der Waals surface area contributed by atoms with E-state index in [-0.39, 0.29) is 11.6 Å². The van der Waals surface area contributed by atoms with Crippen molar-refractivity contribution in [1.29, 1.82) is 0 Å². The molecule has 1 aliphatic heterocycles. The number of rotatable bonds is 2. The van der Waals surface area contributed by atoms with Gasteiger partial charge < -0.3 is 4.90 Å². The van der Waals surface area contributed by atoms with Crippen LogP contribution in [0.4, 0.5) is 0 Å². The number of nitrogens with zero attached hydrogens (tertiary/aromatic N) is 3. The normalized spacial score (nSPS) is 16.0. The fourth-order valence-corrected chi connectivity index (χ4v) is 3.27. The third kappa shape index (κ3) is 2.67. The van der Waals surface area contributed by atoms with E-state index >= 15 is 0 Å². The van der Waals surface area contributed by atoms with E-state index < -0.39 is 0 Å². The van der Waals surface area contributed by atoms with E-state index in [4.69, 9.17) is 0 Å². The minimum Gasteiger partial charge on any atom is -0.342 e. The maximum Gasteiger partial charge on any atom is 0.328 e. The lowest BCUT2D eigenvalue weighted by Crippen LogP contribution is -2.33. The lowest BCUT2D eigenvalue weighted by Gasteiger charge is -2.20. The zero-order valence-corrected chi connectivity index (χ0v) is 13.3. The van der Waals surface area contributed by atoms with Gasteiger partial charge in [0.25, 0.3) is 0 Å². The number of imidazole rings is 1. The number of hydrogen-bond acceptors (Lipinski definition) is 2. The van der Waals surface area contributed by atoms with Crippen molar-refractivity contribution in [2.24, 2.45) is 14.1 Å². The summed E-state index contributed by atoms with van der Waals surface area (Å²) in [6.07, 6.45) is 5.08. The van der Waals surface area contributed by atoms with Crippen molar-refractivity contribution in [2.45, 2.75) is 32.1 Å². The van der Waals surface area contributed by atoms with Crippen LogP contribution in [-0.4, -0.2) is 33.0 Å². The van der Waals surface area contributed by atoms with Crippen molar-refractivity contribution >= 4 is 16.9 Å². The number of likely N-dealkylation sites (tertiary alicyclic amines) is 1. The molecule has 0 bridgehead atoms. The first-order valence-corrected chi connectivity index (χ1v) is 8.00. The average molecular weight is 301 g/mol. The second-order valence-corrected chi connectivity index (χ2v) is 6.20. The number of amides is 1. The van der Waals surface area contributed by atoms with Crippen LogP contribution in [0.25, 0.3) is 11.0 Å². The highest BCUT2D eigenvalue weighted by atomic mass is 16.2. The van der Waals surface area contributed by atoms with Crippen LogP contribution in [0.3, 0.4) is 0 Å². The Balaban J connectivity index is 1.83. The molecule has 0 spiro atoms. The van der Waals surface area contributed by atoms with Crippen molar-refractivity contribution in [2.75, 3.05) is 13.1 Å². The Kier molecular flexibility index (Phi) is 4.05. The summed E-state index contributed by atoms with van der Waals surface area (Å²) in [6.45, 7) is 1.76. The number of carbonyl (C=O) groups is 1. The predicted octanol–water partition coefficient (Wildman–Crippen LogP) is 1.82. The van der Waals surface area contributed by atoms with E-state index in [9.17, 15) is 9.59 Å². The number of fused-ring (bicyclic) bond motifs is 1. The van der Waals surface area contributed by atoms with Gasteiger partial charge in [-0.2, -0.15) is 0 Å². The van der Waals surface area contributed by atoms with Crippen LogP contribution in [-0.2, 0) is 25.3 Å². The topological polar surface area (TPSA) is 47.2 Å². The lowest BCUT2D eigenvalue weighted by molar-refractivity contribution is -0.130. The molecule has 0 radical (unpaired) electrons. The van der Waals surface area contributed by atoms with Crippen LogP contribution in [0.15, 0.2) is 23.0 Å². The van der Waals surface area contributed by atoms with E-state index in [1.54, 1.807) is 23.2 Å². The Bertz CT molecular complexity index is 749. The number of aromatic nitrogens is 2. The summed E-state index contributed by atoms with van der Waals surface area (Å²) in [7, 11) is 3.54. The smallest absolute Gasteiger partial charge is 0.328 e. The third-order valence-electron chi connectivity index (χ3n) is 4.65. The largest absolute Gasteiger partial charge is 0.342 e. The summed E-state index contributed by atoms with van der Waals surface area (Å²) in [5.41, 5.74) is 2.72. The van der Waals surface area contributed by atoms with Crippen molar-refractivity contribution in [3.8, 4) is 0 Å². The van der Waals surface area contributed by atoms with Crippen LogP contribution in [0, 0.1) is 0 Å². The van der Waals surface area contributed by atoms with Gasteiger partial charge in [0.15, 0.2) is 0 Å². The highest BCUT2D eigenvalue weighted by Crippen LogP contribution is 2.16. The van der Waals surface area contributed by atoms with Gasteiger partial charge in [0, 0.05) is 27.2 Å². The quantitative estimate of drug-likeness (QED) is 0.849. The van der Waals surface area contributed by atoms with Crippen molar-refractivity contribution in [3.05, 3.63) is 34.2 Å². The van der Waals surface area contributed by atoms with Crippen LogP contribution in [0.5, 0.6) is 0 Å². The number of benzene rings is 1. The minimum atomic E-state index is -0.0361. The van der Waals surface area contributed by atoms with Gasteiger partial charge in [-0.15, -0.1) is 0 Å². The number of aryl methyl sites for hydroxylation is 2. The molecule has 0 N–H and O–H groups in total. The molecule has 1 fully saturated rings. The van der Waals surface area contributed by atoms with Gasteiger partial charge in [-0.25, -0.2) is 4.79 Å². The van der Waals surface area contributed by atoms with Gasteiger partial charge in [-0.05, 0) is 30.5 Å². The SMILES string of the molecule is Cn1c(=O)n(C)c2cc(CC(=O)N3CCCCCC3)ccc21. The molecule has 1 aromatic carbocycles. The summed E-state index contributed by atoms with van der Waals surface area (Å²) >= 11 is 0. The van der Waals surface area contributed by atoms with Crippen LogP contribution in [0.2, 0.25) is 0 Å². The van der Waals surface area contributed by atoms with Gasteiger partial charge in [-0.3, -0.25) is 13.9 Å². The fourth-order valence-electron chi connectivity index (χ4n) is 3.27. The standard InChI is InChI=1S/C17H23N3O2/c1-18-14-8-7-13(11-15(14)19(2)17(18)22)12-16(21)20-9-5-3-4-6-10-20/h7-8,11H,3-6,9-10,12H2,1-2H3. The van der Waals surface area contributed by atoms with Gasteiger partial charge in [0.1, 0.15) is 0 Å². The molecule has 5 heteroatoms. The minimum absolute atomic E-state index is 0.0361. The van der Waals surface area contributed by atoms with E-state index in [0.717, 1.165) is 42.5 Å². The van der Waals surface area contributed by atoms with Crippen LogP contribution in [0.1, 0.15) is 31.2 Å². The molecule has 5 nitrogen and oxygen atoms in total. The van der Waals surface area contributed by atoms with Gasteiger partial charge >= 0.3 is 5.69 Å². The van der Waals surface area contributed by atoms with E-state index in [1.807, 2.05) is 23.1 Å². The lowest BCUT2D eigenvalue weighted by atomic mass is 10.1. The van der Waals surface area contributed by atoms with E-state index in [2.05, 4.69) is 0 Å². The molecule has 22 heavy (non-hydrogen) atoms. The Labute approximate surface area is 130 Å². The second-order valence-electron chi connectivity index (χ2n) is 6.20. The van der Waals surface area contributed by atoms with Gasteiger partial charge in [-0.1, -0.05) is 18.9 Å². The van der Waals surface area contributed by atoms with Gasteiger partial charge in [0.05, 0.1) is 17.5 Å². The Morgan fingerprint density at radius 1 is 1.00 bits per heavy atom. The first-order valence-electron chi connectivity index (χ1n) is 8.00. The molecule has 2 aromatic rings. The Morgan fingerprint density at radius 2 is 1.64 bits per heavy atom. The van der Waals surface area contributed by atoms with E-state index in [1.165, 1.54) is 12.8 Å². The second kappa shape index (κ2) is 5.99. The number of hydrogen-bond donors (Lipinski definition) is 0. The first-order chi connectivity index (χ1) is 10.6. The zero-order valence-electron chi connectivity index (χ0n) is 13.3. The van der Waals surface area contributed by atoms with Crippen LogP contribution < -0.4 is 5.69 Å². The fraction of sp³-hybridized carbons (Fsp3) is 0.529. The summed E-state index contributed by atoms with van der Waals surface area (Å²) in [6, 6.07) is 5.85. The summed E-state index contributed by atoms with van der Waals surface area (Å²) in [5, 5.41) is 0. The molecule has 1 saturated heterocycles. The number of carbonyl (C=O) groups excluding carboxylic acids is 1. The highest BCUT2D eigenvalue weighted by Gasteiger charge is 2.16. The molecule has 1 aromatic heterocycles. The predicted molar refractivity (Wildman–Crippen MR) is 86.9 cm³/mol. The van der Waals surface area contributed by atoms with Crippen LogP contribution >= 0.6 is 0 Å². The highest BCUT2D eigenvalue weighted by molar-refractivity contribution is 5.82. The van der Waals surface area contributed by atoms with Crippen molar-refractivity contribution in [1.82, 2.24) is 14.0 Å². The molecule has 1 amide bonds. The summed E-state index contributed by atoms with van der Waals surface area (Å²) in [4.78, 5) is 26.4. The molecule has 0 aliphatic carbocycles. The Morgan fingerprint density at radius 3 is 2.32 bits per heavy atom. The summed E-state index contributed by atoms with van der Waals surface area (Å²) < 4.78 is 3.27. The first kappa shape index (κ1) is 14.9. The third-order valence-corrected chi connectivity index (χ3v) is 4.65. The molecule has 1 aliphatic rings. The molecule has 3 rings (SSSR count). The Hall–Kier alpha value is -2.04.